The Morgan fingerprint density at radius 1 is 1.22 bits per heavy atom. The molecule has 0 spiro atoms. The second kappa shape index (κ2) is 4.09. The number of hydrogen-bond donors (Lipinski definition) is 2. The first kappa shape index (κ1) is 12.6. The zero-order valence-corrected chi connectivity index (χ0v) is 11.3. The number of nitrogens with two attached hydrogens (primary N) is 1. The second-order valence-corrected chi connectivity index (χ2v) is 5.72. The lowest BCUT2D eigenvalue weighted by atomic mass is 9.86. The van der Waals surface area contributed by atoms with Crippen molar-refractivity contribution in [3.8, 4) is 0 Å². The van der Waals surface area contributed by atoms with Crippen LogP contribution < -0.4 is 5.73 Å². The normalized spacial score (nSPS) is 11.8. The summed E-state index contributed by atoms with van der Waals surface area (Å²) in [7, 11) is 0. The van der Waals surface area contributed by atoms with Crippen molar-refractivity contribution < 1.29 is 0 Å². The number of hydrogen-bond acceptors (Lipinski definition) is 2. The van der Waals surface area contributed by atoms with Crippen LogP contribution in [0, 0.1) is 12.3 Å². The lowest BCUT2D eigenvalue weighted by Crippen LogP contribution is -2.14. The minimum absolute atomic E-state index is 0.0138. The zero-order valence-electron chi connectivity index (χ0n) is 11.3. The molecule has 0 aliphatic carbocycles. The molecule has 1 aromatic carbocycles. The lowest BCUT2D eigenvalue weighted by Gasteiger charge is -2.19. The molecule has 2 aromatic rings. The van der Waals surface area contributed by atoms with Gasteiger partial charge in [0, 0.05) is 5.39 Å². The first-order valence-electron chi connectivity index (χ1n) is 6.05. The van der Waals surface area contributed by atoms with Gasteiger partial charge in [-0.3, -0.25) is 5.41 Å². The number of fused-ring (bicyclic) bond motifs is 1. The summed E-state index contributed by atoms with van der Waals surface area (Å²) in [5.41, 5.74) is 9.46. The Morgan fingerprint density at radius 2 is 1.89 bits per heavy atom. The van der Waals surface area contributed by atoms with Gasteiger partial charge in [-0.15, -0.1) is 0 Å². The summed E-state index contributed by atoms with van der Waals surface area (Å²) in [5, 5.41) is 8.60. The summed E-state index contributed by atoms with van der Waals surface area (Å²) in [4.78, 5) is 4.41. The number of nitrogens with zero attached hydrogens (tertiary/aromatic N) is 1. The van der Waals surface area contributed by atoms with Crippen LogP contribution in [0.5, 0.6) is 0 Å². The molecule has 18 heavy (non-hydrogen) atoms. The van der Waals surface area contributed by atoms with Crippen molar-refractivity contribution in [2.75, 3.05) is 0 Å². The Hall–Kier alpha value is -1.90. The van der Waals surface area contributed by atoms with Gasteiger partial charge in [0.15, 0.2) is 0 Å². The summed E-state index contributed by atoms with van der Waals surface area (Å²) >= 11 is 0. The minimum Gasteiger partial charge on any atom is -0.382 e. The number of amidine groups is 1. The SMILES string of the molecule is Cc1cc(C(=N)N)nc2ccc(C(C)(C)C)cc12. The van der Waals surface area contributed by atoms with Gasteiger partial charge in [0.25, 0.3) is 0 Å². The topological polar surface area (TPSA) is 62.8 Å². The Balaban J connectivity index is 2.69. The zero-order chi connectivity index (χ0) is 13.5. The van der Waals surface area contributed by atoms with Gasteiger partial charge in [0.2, 0.25) is 0 Å². The first-order chi connectivity index (χ1) is 8.29. The molecular formula is C15H19N3. The standard InChI is InChI=1S/C15H19N3/c1-9-7-13(14(16)17)18-12-6-5-10(8-11(9)12)15(2,3)4/h5-8H,1-4H3,(H3,16,17). The molecule has 0 saturated heterocycles. The van der Waals surface area contributed by atoms with E-state index in [0.717, 1.165) is 16.5 Å². The van der Waals surface area contributed by atoms with E-state index in [9.17, 15) is 0 Å². The van der Waals surface area contributed by atoms with Crippen LogP contribution in [0.1, 0.15) is 37.6 Å². The van der Waals surface area contributed by atoms with Crippen LogP contribution in [0.2, 0.25) is 0 Å². The van der Waals surface area contributed by atoms with Gasteiger partial charge < -0.3 is 5.73 Å². The molecule has 0 aliphatic rings. The van der Waals surface area contributed by atoms with Gasteiger partial charge in [0.05, 0.1) is 5.52 Å². The van der Waals surface area contributed by atoms with Gasteiger partial charge in [-0.2, -0.15) is 0 Å². The first-order valence-corrected chi connectivity index (χ1v) is 6.05. The van der Waals surface area contributed by atoms with E-state index in [1.165, 1.54) is 5.56 Å². The van der Waals surface area contributed by atoms with Gasteiger partial charge in [-0.05, 0) is 41.7 Å². The Morgan fingerprint density at radius 3 is 2.44 bits per heavy atom. The number of benzene rings is 1. The molecule has 0 amide bonds. The van der Waals surface area contributed by atoms with Gasteiger partial charge in [-0.25, -0.2) is 4.98 Å². The third-order valence-corrected chi connectivity index (χ3v) is 3.16. The molecule has 1 aromatic heterocycles. The number of rotatable bonds is 1. The van der Waals surface area contributed by atoms with Crippen molar-refractivity contribution in [2.24, 2.45) is 5.73 Å². The third-order valence-electron chi connectivity index (χ3n) is 3.16. The third kappa shape index (κ3) is 2.21. The van der Waals surface area contributed by atoms with Crippen molar-refractivity contribution in [1.29, 1.82) is 5.41 Å². The number of nitrogen functional groups attached to an aromatic ring is 1. The van der Waals surface area contributed by atoms with E-state index in [-0.39, 0.29) is 11.3 Å². The summed E-state index contributed by atoms with van der Waals surface area (Å²) in [5.74, 6) is 0.0138. The second-order valence-electron chi connectivity index (χ2n) is 5.72. The maximum absolute atomic E-state index is 7.46. The average Bonchev–Trinajstić information content (AvgIpc) is 2.27. The quantitative estimate of drug-likeness (QED) is 0.595. The summed E-state index contributed by atoms with van der Waals surface area (Å²) in [6, 6.07) is 8.16. The van der Waals surface area contributed by atoms with E-state index in [4.69, 9.17) is 11.1 Å². The summed E-state index contributed by atoms with van der Waals surface area (Å²) < 4.78 is 0. The number of nitrogens with one attached hydrogen (secondary N) is 1. The molecule has 0 atom stereocenters. The molecule has 3 nitrogen and oxygen atoms in total. The maximum Gasteiger partial charge on any atom is 0.141 e. The van der Waals surface area contributed by atoms with Crippen LogP contribution >= 0.6 is 0 Å². The molecule has 0 saturated carbocycles. The van der Waals surface area contributed by atoms with Crippen LogP contribution in [0.15, 0.2) is 24.3 Å². The molecule has 0 bridgehead atoms. The van der Waals surface area contributed by atoms with Crippen LogP contribution in [0.25, 0.3) is 10.9 Å². The molecule has 94 valence electrons. The van der Waals surface area contributed by atoms with Gasteiger partial charge in [-0.1, -0.05) is 26.8 Å². The highest BCUT2D eigenvalue weighted by atomic mass is 14.8. The predicted octanol–water partition coefficient (Wildman–Crippen LogP) is 3.12. The molecule has 0 unspecified atom stereocenters. The summed E-state index contributed by atoms with van der Waals surface area (Å²) in [6.07, 6.45) is 0. The van der Waals surface area contributed by atoms with E-state index >= 15 is 0 Å². The molecule has 0 radical (unpaired) electrons. The van der Waals surface area contributed by atoms with Crippen LogP contribution in [0.3, 0.4) is 0 Å². The minimum atomic E-state index is 0.0138. The lowest BCUT2D eigenvalue weighted by molar-refractivity contribution is 0.591. The molecular weight excluding hydrogens is 222 g/mol. The average molecular weight is 241 g/mol. The van der Waals surface area contributed by atoms with Crippen molar-refractivity contribution in [3.05, 3.63) is 41.1 Å². The summed E-state index contributed by atoms with van der Waals surface area (Å²) in [6.45, 7) is 8.62. The highest BCUT2D eigenvalue weighted by Crippen LogP contribution is 2.27. The molecule has 3 N–H and O–H groups in total. The fourth-order valence-corrected chi connectivity index (χ4v) is 2.00. The largest absolute Gasteiger partial charge is 0.382 e. The molecule has 2 rings (SSSR count). The number of aryl methyl sites for hydroxylation is 1. The van der Waals surface area contributed by atoms with E-state index in [1.807, 2.05) is 19.1 Å². The fraction of sp³-hybridized carbons (Fsp3) is 0.333. The van der Waals surface area contributed by atoms with Crippen LogP contribution in [0.4, 0.5) is 0 Å². The van der Waals surface area contributed by atoms with E-state index in [2.05, 4.69) is 37.9 Å². The van der Waals surface area contributed by atoms with Crippen molar-refractivity contribution in [1.82, 2.24) is 4.98 Å². The predicted molar refractivity (Wildman–Crippen MR) is 76.2 cm³/mol. The van der Waals surface area contributed by atoms with E-state index in [0.29, 0.717) is 5.69 Å². The Bertz CT molecular complexity index is 621. The number of pyridine rings is 1. The van der Waals surface area contributed by atoms with Crippen LogP contribution in [-0.2, 0) is 5.41 Å². The smallest absolute Gasteiger partial charge is 0.141 e. The Kier molecular flexibility index (Phi) is 2.85. The molecule has 0 fully saturated rings. The molecule has 1 heterocycles. The van der Waals surface area contributed by atoms with E-state index < -0.39 is 0 Å². The fourth-order valence-electron chi connectivity index (χ4n) is 2.00. The van der Waals surface area contributed by atoms with Gasteiger partial charge in [0.1, 0.15) is 11.5 Å². The van der Waals surface area contributed by atoms with Crippen molar-refractivity contribution in [2.45, 2.75) is 33.1 Å². The highest BCUT2D eigenvalue weighted by molar-refractivity contribution is 5.96. The Labute approximate surface area is 108 Å². The van der Waals surface area contributed by atoms with Crippen LogP contribution in [-0.4, -0.2) is 10.8 Å². The monoisotopic (exact) mass is 241 g/mol. The molecule has 3 heteroatoms. The van der Waals surface area contributed by atoms with E-state index in [1.54, 1.807) is 0 Å². The number of aromatic nitrogens is 1. The molecule has 0 aliphatic heterocycles. The van der Waals surface area contributed by atoms with Gasteiger partial charge >= 0.3 is 0 Å². The van der Waals surface area contributed by atoms with Crippen molar-refractivity contribution in [3.63, 3.8) is 0 Å². The highest BCUT2D eigenvalue weighted by Gasteiger charge is 2.15. The maximum atomic E-state index is 7.46. The van der Waals surface area contributed by atoms with Crippen molar-refractivity contribution >= 4 is 16.7 Å².